The summed E-state index contributed by atoms with van der Waals surface area (Å²) in [6, 6.07) is 4.18. The minimum atomic E-state index is -3.50. The molecule has 0 bridgehead atoms. The summed E-state index contributed by atoms with van der Waals surface area (Å²) < 4.78 is 30.0. The van der Waals surface area contributed by atoms with Crippen molar-refractivity contribution in [3.8, 4) is 11.5 Å². The average molecular weight is 332 g/mol. The zero-order chi connectivity index (χ0) is 17.0. The minimum absolute atomic E-state index is 0.0299. The van der Waals surface area contributed by atoms with Crippen LogP contribution in [-0.4, -0.2) is 49.7 Å². The Labute approximate surface area is 131 Å². The largest absolute Gasteiger partial charge is 0.506 e. The zero-order valence-electron chi connectivity index (χ0n) is 13.3. The Bertz CT molecular complexity index is 596. The van der Waals surface area contributed by atoms with Crippen LogP contribution in [0.5, 0.6) is 11.5 Å². The van der Waals surface area contributed by atoms with E-state index in [-0.39, 0.29) is 23.6 Å². The van der Waals surface area contributed by atoms with Crippen molar-refractivity contribution < 1.29 is 23.4 Å². The molecule has 0 radical (unpaired) electrons. The van der Waals surface area contributed by atoms with Gasteiger partial charge in [0.15, 0.2) is 0 Å². The van der Waals surface area contributed by atoms with Crippen LogP contribution < -0.4 is 14.8 Å². The first-order chi connectivity index (χ1) is 9.96. The van der Waals surface area contributed by atoms with E-state index in [4.69, 9.17) is 4.74 Å². The van der Waals surface area contributed by atoms with Gasteiger partial charge in [-0.3, -0.25) is 4.72 Å². The van der Waals surface area contributed by atoms with Gasteiger partial charge in [-0.05, 0) is 32.9 Å². The number of hydrogen-bond acceptors (Lipinski definition) is 6. The molecule has 0 aliphatic heterocycles. The number of aromatic hydroxyl groups is 1. The highest BCUT2D eigenvalue weighted by molar-refractivity contribution is 7.92. The molecule has 0 aromatic heterocycles. The van der Waals surface area contributed by atoms with E-state index in [1.165, 1.54) is 18.2 Å². The standard InChI is InChI=1S/C14H24N2O5S/c1-14(2,3)15-8-10(17)9-21-11-5-6-13(18)12(7-11)16-22(4,19)20/h5-7,10,15-18H,8-9H2,1-4H3. The molecule has 0 amide bonds. The molecule has 0 aliphatic rings. The minimum Gasteiger partial charge on any atom is -0.506 e. The highest BCUT2D eigenvalue weighted by Crippen LogP contribution is 2.28. The van der Waals surface area contributed by atoms with Gasteiger partial charge in [0.05, 0.1) is 11.9 Å². The second-order valence-corrected chi connectivity index (χ2v) is 7.90. The molecule has 1 rings (SSSR count). The van der Waals surface area contributed by atoms with Gasteiger partial charge in [0, 0.05) is 18.2 Å². The Morgan fingerprint density at radius 2 is 1.95 bits per heavy atom. The Balaban J connectivity index is 2.61. The normalized spacial score (nSPS) is 13.7. The number of rotatable bonds is 7. The van der Waals surface area contributed by atoms with Crippen LogP contribution in [0.15, 0.2) is 18.2 Å². The third kappa shape index (κ3) is 7.48. The molecule has 1 aromatic rings. The number of sulfonamides is 1. The maximum Gasteiger partial charge on any atom is 0.229 e. The van der Waals surface area contributed by atoms with E-state index in [1.54, 1.807) is 0 Å². The molecule has 1 unspecified atom stereocenters. The van der Waals surface area contributed by atoms with Gasteiger partial charge in [0.2, 0.25) is 10.0 Å². The number of benzene rings is 1. The Morgan fingerprint density at radius 3 is 2.50 bits per heavy atom. The maximum absolute atomic E-state index is 11.2. The number of phenolic OH excluding ortho intramolecular Hbond substituents is 1. The molecule has 8 heteroatoms. The quantitative estimate of drug-likeness (QED) is 0.552. The van der Waals surface area contributed by atoms with E-state index in [2.05, 4.69) is 10.0 Å². The molecule has 4 N–H and O–H groups in total. The molecule has 0 saturated heterocycles. The second kappa shape index (κ2) is 7.17. The van der Waals surface area contributed by atoms with Crippen LogP contribution in [0.2, 0.25) is 0 Å². The van der Waals surface area contributed by atoms with Gasteiger partial charge in [0.1, 0.15) is 24.2 Å². The molecule has 7 nitrogen and oxygen atoms in total. The van der Waals surface area contributed by atoms with E-state index in [9.17, 15) is 18.6 Å². The first kappa shape index (κ1) is 18.5. The maximum atomic E-state index is 11.2. The van der Waals surface area contributed by atoms with E-state index in [0.717, 1.165) is 6.26 Å². The second-order valence-electron chi connectivity index (χ2n) is 6.15. The van der Waals surface area contributed by atoms with Gasteiger partial charge in [-0.1, -0.05) is 0 Å². The summed E-state index contributed by atoms with van der Waals surface area (Å²) in [7, 11) is -3.50. The van der Waals surface area contributed by atoms with Crippen molar-refractivity contribution in [3.05, 3.63) is 18.2 Å². The fraction of sp³-hybridized carbons (Fsp3) is 0.571. The molecule has 0 fully saturated rings. The average Bonchev–Trinajstić information content (AvgIpc) is 2.35. The van der Waals surface area contributed by atoms with Crippen LogP contribution >= 0.6 is 0 Å². The lowest BCUT2D eigenvalue weighted by molar-refractivity contribution is 0.100. The first-order valence-corrected chi connectivity index (χ1v) is 8.72. The van der Waals surface area contributed by atoms with Gasteiger partial charge in [0.25, 0.3) is 0 Å². The third-order valence-electron chi connectivity index (χ3n) is 2.57. The van der Waals surface area contributed by atoms with Crippen molar-refractivity contribution in [2.75, 3.05) is 24.1 Å². The third-order valence-corrected chi connectivity index (χ3v) is 3.16. The van der Waals surface area contributed by atoms with Crippen molar-refractivity contribution in [1.82, 2.24) is 5.32 Å². The molecular formula is C14H24N2O5S. The number of anilines is 1. The van der Waals surface area contributed by atoms with Gasteiger partial charge in [-0.2, -0.15) is 0 Å². The number of aliphatic hydroxyl groups is 1. The van der Waals surface area contributed by atoms with E-state index in [1.807, 2.05) is 20.8 Å². The highest BCUT2D eigenvalue weighted by atomic mass is 32.2. The number of aliphatic hydroxyl groups excluding tert-OH is 1. The van der Waals surface area contributed by atoms with Crippen molar-refractivity contribution in [3.63, 3.8) is 0 Å². The predicted molar refractivity (Wildman–Crippen MR) is 85.8 cm³/mol. The van der Waals surface area contributed by atoms with Crippen molar-refractivity contribution in [2.45, 2.75) is 32.4 Å². The molecule has 0 saturated carbocycles. The molecular weight excluding hydrogens is 308 g/mol. The van der Waals surface area contributed by atoms with Crippen LogP contribution in [0.1, 0.15) is 20.8 Å². The number of β-amino-alcohol motifs (C(OH)–C–C–N with tert-alkyl or cyclic N) is 1. The number of hydrogen-bond donors (Lipinski definition) is 4. The summed E-state index contributed by atoms with van der Waals surface area (Å²) in [5.74, 6) is 0.145. The molecule has 1 atom stereocenters. The smallest absolute Gasteiger partial charge is 0.229 e. The van der Waals surface area contributed by atoms with Gasteiger partial charge in [-0.25, -0.2) is 8.42 Å². The summed E-state index contributed by atoms with van der Waals surface area (Å²) in [5, 5.41) is 22.6. The Kier molecular flexibility index (Phi) is 6.04. The van der Waals surface area contributed by atoms with E-state index < -0.39 is 16.1 Å². The van der Waals surface area contributed by atoms with Crippen molar-refractivity contribution in [1.29, 1.82) is 0 Å². The van der Waals surface area contributed by atoms with Crippen LogP contribution in [0.25, 0.3) is 0 Å². The van der Waals surface area contributed by atoms with Gasteiger partial charge in [-0.15, -0.1) is 0 Å². The topological polar surface area (TPSA) is 108 Å². The Hall–Kier alpha value is -1.51. The molecule has 22 heavy (non-hydrogen) atoms. The number of ether oxygens (including phenoxy) is 1. The summed E-state index contributed by atoms with van der Waals surface area (Å²) in [5.41, 5.74) is -0.0752. The van der Waals surface area contributed by atoms with Crippen LogP contribution in [0.4, 0.5) is 5.69 Å². The van der Waals surface area contributed by atoms with E-state index in [0.29, 0.717) is 12.3 Å². The van der Waals surface area contributed by atoms with Crippen LogP contribution in [0, 0.1) is 0 Å². The molecule has 1 aromatic carbocycles. The Morgan fingerprint density at radius 1 is 1.32 bits per heavy atom. The summed E-state index contributed by atoms with van der Waals surface area (Å²) in [6.07, 6.45) is 0.279. The van der Waals surface area contributed by atoms with Crippen molar-refractivity contribution in [2.24, 2.45) is 0 Å². The molecule has 0 aliphatic carbocycles. The number of nitrogens with one attached hydrogen (secondary N) is 2. The van der Waals surface area contributed by atoms with Gasteiger partial charge >= 0.3 is 0 Å². The lowest BCUT2D eigenvalue weighted by Crippen LogP contribution is -2.42. The first-order valence-electron chi connectivity index (χ1n) is 6.83. The highest BCUT2D eigenvalue weighted by Gasteiger charge is 2.13. The zero-order valence-corrected chi connectivity index (χ0v) is 14.1. The molecule has 0 heterocycles. The monoisotopic (exact) mass is 332 g/mol. The summed E-state index contributed by atoms with van der Waals surface area (Å²) in [4.78, 5) is 0. The number of phenols is 1. The SMILES string of the molecule is CC(C)(C)NCC(O)COc1ccc(O)c(NS(C)(=O)=O)c1. The van der Waals surface area contributed by atoms with Crippen molar-refractivity contribution >= 4 is 15.7 Å². The molecule has 0 spiro atoms. The fourth-order valence-corrected chi connectivity index (χ4v) is 2.12. The van der Waals surface area contributed by atoms with Crippen LogP contribution in [-0.2, 0) is 10.0 Å². The summed E-state index contributed by atoms with van der Waals surface area (Å²) in [6.45, 7) is 6.39. The fourth-order valence-electron chi connectivity index (χ4n) is 1.56. The lowest BCUT2D eigenvalue weighted by Gasteiger charge is -2.23. The van der Waals surface area contributed by atoms with Crippen LogP contribution in [0.3, 0.4) is 0 Å². The van der Waals surface area contributed by atoms with Gasteiger partial charge < -0.3 is 20.3 Å². The predicted octanol–water partition coefficient (Wildman–Crippen LogP) is 0.892. The van der Waals surface area contributed by atoms with E-state index >= 15 is 0 Å². The lowest BCUT2D eigenvalue weighted by atomic mass is 10.1. The summed E-state index contributed by atoms with van der Waals surface area (Å²) >= 11 is 0. The molecule has 126 valence electrons.